The molecule has 2 aromatic carbocycles. The monoisotopic (exact) mass is 471 g/mol. The van der Waals surface area contributed by atoms with Crippen LogP contribution < -0.4 is 0 Å². The van der Waals surface area contributed by atoms with Gasteiger partial charge in [-0.1, -0.05) is 30.3 Å². The molecule has 5 rings (SSSR count). The summed E-state index contributed by atoms with van der Waals surface area (Å²) in [6.07, 6.45) is 4.58. The van der Waals surface area contributed by atoms with E-state index in [4.69, 9.17) is 0 Å². The van der Waals surface area contributed by atoms with Crippen molar-refractivity contribution in [3.8, 4) is 5.69 Å². The van der Waals surface area contributed by atoms with Crippen molar-refractivity contribution in [3.05, 3.63) is 101 Å². The van der Waals surface area contributed by atoms with E-state index in [9.17, 15) is 9.18 Å². The summed E-state index contributed by atoms with van der Waals surface area (Å²) >= 11 is 0. The molecule has 0 bridgehead atoms. The Balaban J connectivity index is 1.30. The van der Waals surface area contributed by atoms with Gasteiger partial charge in [-0.05, 0) is 68.5 Å². The van der Waals surface area contributed by atoms with Crippen molar-refractivity contribution in [1.82, 2.24) is 24.2 Å². The third-order valence-corrected chi connectivity index (χ3v) is 6.99. The first-order chi connectivity index (χ1) is 17.0. The molecule has 7 heteroatoms. The first-order valence-corrected chi connectivity index (χ1v) is 12.1. The highest BCUT2D eigenvalue weighted by Gasteiger charge is 2.28. The Kier molecular flexibility index (Phi) is 6.49. The van der Waals surface area contributed by atoms with Gasteiger partial charge >= 0.3 is 0 Å². The summed E-state index contributed by atoms with van der Waals surface area (Å²) in [5.74, 6) is 1.10. The number of para-hydroxylation sites is 1. The number of hydrogen-bond acceptors (Lipinski definition) is 3. The molecule has 0 saturated carbocycles. The van der Waals surface area contributed by atoms with Gasteiger partial charge in [0.15, 0.2) is 0 Å². The lowest BCUT2D eigenvalue weighted by atomic mass is 9.94. The summed E-state index contributed by atoms with van der Waals surface area (Å²) < 4.78 is 17.5. The van der Waals surface area contributed by atoms with E-state index in [2.05, 4.69) is 14.8 Å². The number of likely N-dealkylation sites (tertiary alicyclic amines) is 1. The zero-order valence-electron chi connectivity index (χ0n) is 20.2. The van der Waals surface area contributed by atoms with Crippen LogP contribution in [-0.2, 0) is 13.0 Å². The second-order valence-electron chi connectivity index (χ2n) is 9.41. The molecule has 1 aliphatic heterocycles. The van der Waals surface area contributed by atoms with Gasteiger partial charge in [-0.25, -0.2) is 4.39 Å². The standard InChI is InChI=1S/C28H30FN5O/c1-20-15-26(21(2)33(20)18-22-10-12-24(29)13-11-22)28(35)32-14-6-7-23(17-32)16-27-31-30-19-34(27)25-8-4-3-5-9-25/h3-5,8-13,15,19,23H,6-7,14,16-18H2,1-2H3. The highest BCUT2D eigenvalue weighted by molar-refractivity contribution is 5.95. The Morgan fingerprint density at radius 1 is 1.09 bits per heavy atom. The number of aromatic nitrogens is 4. The van der Waals surface area contributed by atoms with E-state index in [0.717, 1.165) is 59.8 Å². The maximum absolute atomic E-state index is 13.5. The minimum Gasteiger partial charge on any atom is -0.344 e. The molecular formula is C28H30FN5O. The molecule has 1 saturated heterocycles. The van der Waals surface area contributed by atoms with Gasteiger partial charge in [-0.3, -0.25) is 9.36 Å². The van der Waals surface area contributed by atoms with Crippen LogP contribution in [0.15, 0.2) is 67.0 Å². The van der Waals surface area contributed by atoms with Gasteiger partial charge in [-0.15, -0.1) is 10.2 Å². The topological polar surface area (TPSA) is 56.0 Å². The van der Waals surface area contributed by atoms with Crippen LogP contribution >= 0.6 is 0 Å². The van der Waals surface area contributed by atoms with Gasteiger partial charge in [0, 0.05) is 43.1 Å². The lowest BCUT2D eigenvalue weighted by molar-refractivity contribution is 0.0671. The van der Waals surface area contributed by atoms with E-state index in [0.29, 0.717) is 19.0 Å². The molecule has 1 unspecified atom stereocenters. The van der Waals surface area contributed by atoms with Crippen molar-refractivity contribution >= 4 is 5.91 Å². The molecule has 0 aliphatic carbocycles. The molecule has 4 aromatic rings. The molecule has 3 heterocycles. The van der Waals surface area contributed by atoms with Crippen LogP contribution in [0.1, 0.15) is 46.0 Å². The lowest BCUT2D eigenvalue weighted by Gasteiger charge is -2.32. The molecule has 0 spiro atoms. The molecule has 35 heavy (non-hydrogen) atoms. The number of aryl methyl sites for hydroxylation is 1. The van der Waals surface area contributed by atoms with Gasteiger partial charge in [0.2, 0.25) is 0 Å². The van der Waals surface area contributed by atoms with Gasteiger partial charge in [0.1, 0.15) is 18.0 Å². The zero-order valence-corrected chi connectivity index (χ0v) is 20.2. The minimum atomic E-state index is -0.243. The quantitative estimate of drug-likeness (QED) is 0.399. The maximum atomic E-state index is 13.5. The van der Waals surface area contributed by atoms with Crippen LogP contribution in [0.3, 0.4) is 0 Å². The first-order valence-electron chi connectivity index (χ1n) is 12.1. The molecule has 6 nitrogen and oxygen atoms in total. The van der Waals surface area contributed by atoms with Crippen molar-refractivity contribution in [2.45, 2.75) is 39.7 Å². The number of halogens is 1. The number of amides is 1. The average molecular weight is 472 g/mol. The number of hydrogen-bond donors (Lipinski definition) is 0. The Morgan fingerprint density at radius 3 is 2.63 bits per heavy atom. The fourth-order valence-electron chi connectivity index (χ4n) is 5.08. The normalized spacial score (nSPS) is 16.0. The fourth-order valence-corrected chi connectivity index (χ4v) is 5.08. The van der Waals surface area contributed by atoms with Crippen LogP contribution in [0.4, 0.5) is 4.39 Å². The van der Waals surface area contributed by atoms with Crippen molar-refractivity contribution in [2.24, 2.45) is 5.92 Å². The minimum absolute atomic E-state index is 0.0812. The van der Waals surface area contributed by atoms with Crippen LogP contribution in [0.5, 0.6) is 0 Å². The van der Waals surface area contributed by atoms with Gasteiger partial charge in [0.05, 0.1) is 5.56 Å². The summed E-state index contributed by atoms with van der Waals surface area (Å²) in [6.45, 7) is 6.10. The number of carbonyl (C=O) groups is 1. The van der Waals surface area contributed by atoms with Crippen molar-refractivity contribution in [1.29, 1.82) is 0 Å². The van der Waals surface area contributed by atoms with E-state index in [1.54, 1.807) is 18.5 Å². The largest absolute Gasteiger partial charge is 0.344 e. The van der Waals surface area contributed by atoms with Gasteiger partial charge in [0.25, 0.3) is 5.91 Å². The van der Waals surface area contributed by atoms with Crippen molar-refractivity contribution in [3.63, 3.8) is 0 Å². The molecule has 1 aliphatic rings. The first kappa shape index (κ1) is 23.0. The summed E-state index contributed by atoms with van der Waals surface area (Å²) in [6, 6.07) is 18.6. The summed E-state index contributed by atoms with van der Waals surface area (Å²) in [5.41, 5.74) is 4.78. The number of carbonyl (C=O) groups excluding carboxylic acids is 1. The molecule has 1 atom stereocenters. The van der Waals surface area contributed by atoms with E-state index in [1.807, 2.05) is 59.7 Å². The maximum Gasteiger partial charge on any atom is 0.255 e. The Bertz CT molecular complexity index is 1310. The van der Waals surface area contributed by atoms with Crippen molar-refractivity contribution in [2.75, 3.05) is 13.1 Å². The van der Waals surface area contributed by atoms with E-state index in [-0.39, 0.29) is 11.7 Å². The number of benzene rings is 2. The smallest absolute Gasteiger partial charge is 0.255 e. The van der Waals surface area contributed by atoms with Gasteiger partial charge in [-0.2, -0.15) is 0 Å². The Morgan fingerprint density at radius 2 is 1.86 bits per heavy atom. The van der Waals surface area contributed by atoms with Crippen molar-refractivity contribution < 1.29 is 9.18 Å². The lowest BCUT2D eigenvalue weighted by Crippen LogP contribution is -2.40. The molecule has 1 amide bonds. The summed E-state index contributed by atoms with van der Waals surface area (Å²) in [5, 5.41) is 8.51. The van der Waals surface area contributed by atoms with E-state index < -0.39 is 0 Å². The predicted molar refractivity (Wildman–Crippen MR) is 133 cm³/mol. The average Bonchev–Trinajstić information content (AvgIpc) is 3.45. The second-order valence-corrected chi connectivity index (χ2v) is 9.41. The molecule has 0 N–H and O–H groups in total. The van der Waals surface area contributed by atoms with Crippen LogP contribution in [0, 0.1) is 25.6 Å². The third-order valence-electron chi connectivity index (χ3n) is 6.99. The highest BCUT2D eigenvalue weighted by atomic mass is 19.1. The van der Waals surface area contributed by atoms with Crippen LogP contribution in [0.2, 0.25) is 0 Å². The zero-order chi connectivity index (χ0) is 24.4. The van der Waals surface area contributed by atoms with Crippen LogP contribution in [0.25, 0.3) is 5.69 Å². The molecule has 1 fully saturated rings. The highest BCUT2D eigenvalue weighted by Crippen LogP contribution is 2.25. The molecule has 0 radical (unpaired) electrons. The molecule has 180 valence electrons. The van der Waals surface area contributed by atoms with E-state index in [1.165, 1.54) is 12.1 Å². The number of rotatable bonds is 6. The van der Waals surface area contributed by atoms with E-state index >= 15 is 0 Å². The SMILES string of the molecule is Cc1cc(C(=O)N2CCCC(Cc3nncn3-c3ccccc3)C2)c(C)n1Cc1ccc(F)cc1. The predicted octanol–water partition coefficient (Wildman–Crippen LogP) is 4.97. The Hall–Kier alpha value is -3.74. The number of nitrogens with zero attached hydrogens (tertiary/aromatic N) is 5. The summed E-state index contributed by atoms with van der Waals surface area (Å²) in [4.78, 5) is 15.5. The van der Waals surface area contributed by atoms with Gasteiger partial charge < -0.3 is 9.47 Å². The number of piperidine rings is 1. The molecule has 2 aromatic heterocycles. The summed E-state index contributed by atoms with van der Waals surface area (Å²) in [7, 11) is 0. The van der Waals surface area contributed by atoms with Crippen LogP contribution in [-0.4, -0.2) is 43.2 Å². The third kappa shape index (κ3) is 4.90. The Labute approximate surface area is 205 Å². The fraction of sp³-hybridized carbons (Fsp3) is 0.321. The molecular weight excluding hydrogens is 441 g/mol. The second kappa shape index (κ2) is 9.86.